The lowest BCUT2D eigenvalue weighted by Gasteiger charge is -2.24. The van der Waals surface area contributed by atoms with Gasteiger partial charge in [0.1, 0.15) is 5.69 Å². The molecule has 4 heterocycles. The smallest absolute Gasteiger partial charge is 0.259 e. The van der Waals surface area contributed by atoms with Gasteiger partial charge < -0.3 is 9.84 Å². The van der Waals surface area contributed by atoms with Crippen molar-refractivity contribution in [3.63, 3.8) is 0 Å². The molecule has 148 valence electrons. The second-order valence-corrected chi connectivity index (χ2v) is 7.34. The molecule has 0 bridgehead atoms. The number of rotatable bonds is 5. The fourth-order valence-corrected chi connectivity index (χ4v) is 3.65. The predicted octanol–water partition coefficient (Wildman–Crippen LogP) is 4.40. The lowest BCUT2D eigenvalue weighted by Crippen LogP contribution is -2.27. The highest BCUT2D eigenvalue weighted by Crippen LogP contribution is 2.27. The van der Waals surface area contributed by atoms with Crippen LogP contribution in [0.1, 0.15) is 23.6 Å². The first-order chi connectivity index (χ1) is 14.8. The van der Waals surface area contributed by atoms with E-state index in [0.717, 1.165) is 30.5 Å². The first kappa shape index (κ1) is 18.4. The quantitative estimate of drug-likeness (QED) is 0.505. The summed E-state index contributed by atoms with van der Waals surface area (Å²) in [4.78, 5) is 13.2. The Labute approximate surface area is 174 Å². The molecule has 0 saturated heterocycles. The standard InChI is InChI=1S/C24H21N5O/c1-2-6-17(7-3-1)12-18-9-10-21(27-14-18)19-13-20(16-25-15-19)24-28-23(29-30-24)22-8-4-5-11-26-22/h1-9,11,13,15-16,21,27H,10,12,14H2. The van der Waals surface area contributed by atoms with Crippen LogP contribution in [-0.4, -0.2) is 26.7 Å². The van der Waals surface area contributed by atoms with Gasteiger partial charge in [0, 0.05) is 31.2 Å². The minimum Gasteiger partial charge on any atom is -0.333 e. The highest BCUT2D eigenvalue weighted by Gasteiger charge is 2.18. The maximum absolute atomic E-state index is 5.46. The topological polar surface area (TPSA) is 76.7 Å². The van der Waals surface area contributed by atoms with E-state index >= 15 is 0 Å². The lowest BCUT2D eigenvalue weighted by molar-refractivity contribution is 0.432. The zero-order chi connectivity index (χ0) is 20.2. The molecule has 4 aromatic rings. The Hall–Kier alpha value is -3.64. The maximum Gasteiger partial charge on any atom is 0.259 e. The third-order valence-electron chi connectivity index (χ3n) is 5.22. The monoisotopic (exact) mass is 395 g/mol. The molecule has 0 saturated carbocycles. The fourth-order valence-electron chi connectivity index (χ4n) is 3.65. The molecular formula is C24H21N5O. The molecule has 30 heavy (non-hydrogen) atoms. The third kappa shape index (κ3) is 4.04. The average Bonchev–Trinajstić information content (AvgIpc) is 3.32. The molecule has 1 unspecified atom stereocenters. The van der Waals surface area contributed by atoms with E-state index in [-0.39, 0.29) is 6.04 Å². The van der Waals surface area contributed by atoms with Crippen molar-refractivity contribution in [1.29, 1.82) is 0 Å². The molecule has 6 nitrogen and oxygen atoms in total. The van der Waals surface area contributed by atoms with Crippen molar-refractivity contribution in [2.24, 2.45) is 0 Å². The van der Waals surface area contributed by atoms with Crippen LogP contribution in [0.2, 0.25) is 0 Å². The molecule has 1 atom stereocenters. The van der Waals surface area contributed by atoms with Crippen LogP contribution in [0.5, 0.6) is 0 Å². The van der Waals surface area contributed by atoms with Gasteiger partial charge in [-0.15, -0.1) is 0 Å². The van der Waals surface area contributed by atoms with Crippen LogP contribution >= 0.6 is 0 Å². The van der Waals surface area contributed by atoms with Gasteiger partial charge >= 0.3 is 0 Å². The molecule has 0 spiro atoms. The first-order valence-corrected chi connectivity index (χ1v) is 10.0. The van der Waals surface area contributed by atoms with E-state index in [0.29, 0.717) is 17.4 Å². The summed E-state index contributed by atoms with van der Waals surface area (Å²) in [7, 11) is 0. The van der Waals surface area contributed by atoms with Crippen LogP contribution in [-0.2, 0) is 6.42 Å². The van der Waals surface area contributed by atoms with Crippen LogP contribution in [0.4, 0.5) is 0 Å². The Bertz CT molecular complexity index is 1150. The van der Waals surface area contributed by atoms with Crippen molar-refractivity contribution >= 4 is 0 Å². The second kappa shape index (κ2) is 8.39. The molecule has 0 radical (unpaired) electrons. The van der Waals surface area contributed by atoms with Crippen molar-refractivity contribution in [2.45, 2.75) is 18.9 Å². The molecule has 1 aromatic carbocycles. The fraction of sp³-hybridized carbons (Fsp3) is 0.167. The summed E-state index contributed by atoms with van der Waals surface area (Å²) >= 11 is 0. The summed E-state index contributed by atoms with van der Waals surface area (Å²) in [6.07, 6.45) is 9.61. The Morgan fingerprint density at radius 2 is 1.93 bits per heavy atom. The second-order valence-electron chi connectivity index (χ2n) is 7.34. The number of hydrogen-bond donors (Lipinski definition) is 1. The lowest BCUT2D eigenvalue weighted by atomic mass is 9.95. The Kier molecular flexibility index (Phi) is 5.14. The minimum atomic E-state index is 0.218. The molecule has 1 aliphatic heterocycles. The van der Waals surface area contributed by atoms with E-state index in [2.05, 4.69) is 67.9 Å². The van der Waals surface area contributed by atoms with Crippen LogP contribution in [0.25, 0.3) is 23.0 Å². The van der Waals surface area contributed by atoms with Crippen LogP contribution in [0.3, 0.4) is 0 Å². The van der Waals surface area contributed by atoms with E-state index in [9.17, 15) is 0 Å². The number of nitrogens with one attached hydrogen (secondary N) is 1. The van der Waals surface area contributed by atoms with Gasteiger partial charge in [-0.05, 0) is 42.2 Å². The normalized spacial score (nSPS) is 16.3. The van der Waals surface area contributed by atoms with E-state index in [1.54, 1.807) is 12.4 Å². The van der Waals surface area contributed by atoms with Gasteiger partial charge in [0.05, 0.1) is 5.56 Å². The molecule has 0 aliphatic carbocycles. The van der Waals surface area contributed by atoms with E-state index in [1.165, 1.54) is 11.1 Å². The Morgan fingerprint density at radius 3 is 2.73 bits per heavy atom. The number of hydrogen-bond acceptors (Lipinski definition) is 6. The summed E-state index contributed by atoms with van der Waals surface area (Å²) in [6.45, 7) is 0.869. The summed E-state index contributed by atoms with van der Waals surface area (Å²) in [5, 5.41) is 7.68. The first-order valence-electron chi connectivity index (χ1n) is 10.0. The number of nitrogens with zero attached hydrogens (tertiary/aromatic N) is 4. The van der Waals surface area contributed by atoms with Gasteiger partial charge in [-0.25, -0.2) is 0 Å². The van der Waals surface area contributed by atoms with Crippen LogP contribution in [0.15, 0.2) is 89.4 Å². The molecule has 1 N–H and O–H groups in total. The molecule has 3 aromatic heterocycles. The molecule has 0 fully saturated rings. The van der Waals surface area contributed by atoms with Crippen molar-refractivity contribution in [2.75, 3.05) is 6.54 Å². The van der Waals surface area contributed by atoms with Gasteiger partial charge in [-0.2, -0.15) is 4.98 Å². The van der Waals surface area contributed by atoms with Gasteiger partial charge in [-0.3, -0.25) is 9.97 Å². The van der Waals surface area contributed by atoms with Gasteiger partial charge in [0.25, 0.3) is 5.89 Å². The van der Waals surface area contributed by atoms with Crippen LogP contribution < -0.4 is 5.32 Å². The highest BCUT2D eigenvalue weighted by molar-refractivity contribution is 5.57. The predicted molar refractivity (Wildman–Crippen MR) is 114 cm³/mol. The Morgan fingerprint density at radius 1 is 1.03 bits per heavy atom. The zero-order valence-electron chi connectivity index (χ0n) is 16.4. The molecule has 0 amide bonds. The minimum absolute atomic E-state index is 0.218. The van der Waals surface area contributed by atoms with Crippen molar-refractivity contribution in [3.8, 4) is 23.0 Å². The summed E-state index contributed by atoms with van der Waals surface area (Å²) in [6, 6.07) is 18.5. The molecule has 5 rings (SSSR count). The summed E-state index contributed by atoms with van der Waals surface area (Å²) < 4.78 is 5.46. The maximum atomic E-state index is 5.46. The number of aromatic nitrogens is 4. The number of pyridine rings is 2. The molecule has 1 aliphatic rings. The van der Waals surface area contributed by atoms with Gasteiger partial charge in [-0.1, -0.05) is 53.2 Å². The van der Waals surface area contributed by atoms with Crippen molar-refractivity contribution in [1.82, 2.24) is 25.4 Å². The van der Waals surface area contributed by atoms with Crippen molar-refractivity contribution in [3.05, 3.63) is 96.0 Å². The van der Waals surface area contributed by atoms with E-state index < -0.39 is 0 Å². The molecular weight excluding hydrogens is 374 g/mol. The van der Waals surface area contributed by atoms with Crippen LogP contribution in [0, 0.1) is 0 Å². The van der Waals surface area contributed by atoms with Gasteiger partial charge in [0.15, 0.2) is 0 Å². The molecule has 6 heteroatoms. The highest BCUT2D eigenvalue weighted by atomic mass is 16.5. The summed E-state index contributed by atoms with van der Waals surface area (Å²) in [5.41, 5.74) is 5.36. The average molecular weight is 395 g/mol. The number of benzene rings is 1. The SMILES string of the molecule is C1=C(Cc2ccccc2)CNC(c2cncc(-c3nc(-c4ccccn4)no3)c2)C1. The Balaban J connectivity index is 1.31. The van der Waals surface area contributed by atoms with Gasteiger partial charge in [0.2, 0.25) is 5.82 Å². The third-order valence-corrected chi connectivity index (χ3v) is 5.22. The largest absolute Gasteiger partial charge is 0.333 e. The zero-order valence-corrected chi connectivity index (χ0v) is 16.4. The summed E-state index contributed by atoms with van der Waals surface area (Å²) in [5.74, 6) is 0.918. The van der Waals surface area contributed by atoms with Crippen molar-refractivity contribution < 1.29 is 4.52 Å². The van der Waals surface area contributed by atoms with E-state index in [4.69, 9.17) is 4.52 Å². The van der Waals surface area contributed by atoms with E-state index in [1.807, 2.05) is 24.4 Å².